The fourth-order valence-corrected chi connectivity index (χ4v) is 4.46. The van der Waals surface area contributed by atoms with Crippen LogP contribution in [-0.4, -0.2) is 44.6 Å². The van der Waals surface area contributed by atoms with Crippen LogP contribution in [0.15, 0.2) is 65.1 Å². The predicted octanol–water partition coefficient (Wildman–Crippen LogP) is 4.66. The second kappa shape index (κ2) is 9.54. The quantitative estimate of drug-likeness (QED) is 0.540. The van der Waals surface area contributed by atoms with Gasteiger partial charge < -0.3 is 24.4 Å². The number of carbonyl (C=O) groups excluding carboxylic acids is 2. The molecule has 1 aliphatic rings. The maximum atomic E-state index is 14.0. The number of amides is 2. The Kier molecular flexibility index (Phi) is 6.55. The zero-order valence-corrected chi connectivity index (χ0v) is 20.0. The molecule has 1 unspecified atom stereocenters. The molecule has 33 heavy (non-hydrogen) atoms. The van der Waals surface area contributed by atoms with Crippen molar-refractivity contribution in [3.05, 3.63) is 81.8 Å². The first kappa shape index (κ1) is 22.7. The van der Waals surface area contributed by atoms with Crippen LogP contribution < -0.4 is 19.5 Å². The Morgan fingerprint density at radius 2 is 1.70 bits per heavy atom. The van der Waals surface area contributed by atoms with Gasteiger partial charge in [0.25, 0.3) is 5.91 Å². The zero-order chi connectivity index (χ0) is 23.5. The Morgan fingerprint density at radius 1 is 0.970 bits per heavy atom. The number of halogens is 1. The van der Waals surface area contributed by atoms with Gasteiger partial charge in [-0.2, -0.15) is 0 Å². The average Bonchev–Trinajstić information content (AvgIpc) is 2.98. The number of ether oxygens (including phenoxy) is 3. The van der Waals surface area contributed by atoms with Gasteiger partial charge in [-0.3, -0.25) is 9.59 Å². The van der Waals surface area contributed by atoms with Crippen LogP contribution in [0.1, 0.15) is 27.5 Å². The third kappa shape index (κ3) is 4.26. The Bertz CT molecular complexity index is 1200. The van der Waals surface area contributed by atoms with Crippen molar-refractivity contribution in [3.8, 4) is 17.2 Å². The molecule has 7 nitrogen and oxygen atoms in total. The molecule has 1 N–H and O–H groups in total. The van der Waals surface area contributed by atoms with Crippen molar-refractivity contribution in [2.24, 2.45) is 0 Å². The first-order valence-corrected chi connectivity index (χ1v) is 11.0. The van der Waals surface area contributed by atoms with Crippen LogP contribution >= 0.6 is 15.9 Å². The van der Waals surface area contributed by atoms with E-state index >= 15 is 0 Å². The lowest BCUT2D eigenvalue weighted by Gasteiger charge is -2.31. The Labute approximate surface area is 200 Å². The second-order valence-corrected chi connectivity index (χ2v) is 8.32. The highest BCUT2D eigenvalue weighted by atomic mass is 79.9. The van der Waals surface area contributed by atoms with E-state index in [2.05, 4.69) is 21.2 Å². The SMILES string of the molecule is COc1ccc(C(=O)N2CC(=O)Nc3ccc(Br)cc3C2c2ccccc2)c(OC)c1OC. The lowest BCUT2D eigenvalue weighted by molar-refractivity contribution is -0.117. The molecule has 0 saturated heterocycles. The van der Waals surface area contributed by atoms with Gasteiger partial charge in [-0.1, -0.05) is 46.3 Å². The topological polar surface area (TPSA) is 77.1 Å². The van der Waals surface area contributed by atoms with Crippen molar-refractivity contribution in [3.63, 3.8) is 0 Å². The molecule has 0 radical (unpaired) electrons. The summed E-state index contributed by atoms with van der Waals surface area (Å²) in [4.78, 5) is 28.4. The molecule has 0 aromatic heterocycles. The minimum absolute atomic E-state index is 0.137. The molecule has 1 aliphatic heterocycles. The first-order valence-electron chi connectivity index (χ1n) is 10.2. The normalized spacial score (nSPS) is 15.2. The summed E-state index contributed by atoms with van der Waals surface area (Å²) in [6.07, 6.45) is 0. The first-order chi connectivity index (χ1) is 16.0. The molecule has 4 rings (SSSR count). The molecular formula is C25H23BrN2O5. The number of anilines is 1. The molecule has 3 aromatic rings. The van der Waals surface area contributed by atoms with Gasteiger partial charge >= 0.3 is 0 Å². The molecule has 0 spiro atoms. The predicted molar refractivity (Wildman–Crippen MR) is 128 cm³/mol. The molecule has 1 atom stereocenters. The van der Waals surface area contributed by atoms with E-state index < -0.39 is 6.04 Å². The zero-order valence-electron chi connectivity index (χ0n) is 18.4. The van der Waals surface area contributed by atoms with Crippen LogP contribution in [0.5, 0.6) is 17.2 Å². The fraction of sp³-hybridized carbons (Fsp3) is 0.200. The molecular weight excluding hydrogens is 488 g/mol. The molecule has 0 fully saturated rings. The van der Waals surface area contributed by atoms with Crippen LogP contribution in [0.4, 0.5) is 5.69 Å². The lowest BCUT2D eigenvalue weighted by atomic mass is 9.95. The maximum Gasteiger partial charge on any atom is 0.259 e. The van der Waals surface area contributed by atoms with Gasteiger partial charge in [0.15, 0.2) is 11.5 Å². The lowest BCUT2D eigenvalue weighted by Crippen LogP contribution is -2.39. The molecule has 2 amide bonds. The summed E-state index contributed by atoms with van der Waals surface area (Å²) >= 11 is 3.52. The highest BCUT2D eigenvalue weighted by molar-refractivity contribution is 9.10. The van der Waals surface area contributed by atoms with Gasteiger partial charge in [-0.05, 0) is 35.9 Å². The highest BCUT2D eigenvalue weighted by Gasteiger charge is 2.36. The Hall–Kier alpha value is -3.52. The van der Waals surface area contributed by atoms with E-state index in [1.165, 1.54) is 21.3 Å². The number of fused-ring (bicyclic) bond motifs is 1. The van der Waals surface area contributed by atoms with E-state index in [1.54, 1.807) is 17.0 Å². The van der Waals surface area contributed by atoms with E-state index in [0.29, 0.717) is 17.2 Å². The number of benzene rings is 3. The number of hydrogen-bond acceptors (Lipinski definition) is 5. The summed E-state index contributed by atoms with van der Waals surface area (Å²) in [7, 11) is 4.46. The van der Waals surface area contributed by atoms with E-state index in [0.717, 1.165) is 15.6 Å². The minimum Gasteiger partial charge on any atom is -0.493 e. The fourth-order valence-electron chi connectivity index (χ4n) is 4.09. The molecule has 170 valence electrons. The highest BCUT2D eigenvalue weighted by Crippen LogP contribution is 2.43. The van der Waals surface area contributed by atoms with Gasteiger partial charge in [0, 0.05) is 15.7 Å². The summed E-state index contributed by atoms with van der Waals surface area (Å²) in [5.74, 6) is 0.333. The minimum atomic E-state index is -0.511. The Balaban J connectivity index is 1.91. The number of methoxy groups -OCH3 is 3. The summed E-state index contributed by atoms with van der Waals surface area (Å²) < 4.78 is 17.2. The van der Waals surface area contributed by atoms with Gasteiger partial charge in [0.1, 0.15) is 6.54 Å². The standard InChI is InChI=1S/C25H23BrN2O5/c1-31-20-12-10-17(23(32-2)24(20)33-3)25(30)28-14-21(29)27-19-11-9-16(26)13-18(19)22(28)15-7-5-4-6-8-15/h4-13,22H,14H2,1-3H3,(H,27,29). The number of nitrogens with one attached hydrogen (secondary N) is 1. The van der Waals surface area contributed by atoms with E-state index in [9.17, 15) is 9.59 Å². The van der Waals surface area contributed by atoms with Crippen molar-refractivity contribution in [1.82, 2.24) is 4.90 Å². The van der Waals surface area contributed by atoms with Crippen molar-refractivity contribution < 1.29 is 23.8 Å². The van der Waals surface area contributed by atoms with Crippen molar-refractivity contribution in [2.75, 3.05) is 33.2 Å². The van der Waals surface area contributed by atoms with E-state index in [1.807, 2.05) is 48.5 Å². The van der Waals surface area contributed by atoms with Crippen LogP contribution in [0.3, 0.4) is 0 Å². The molecule has 0 bridgehead atoms. The van der Waals surface area contributed by atoms with Crippen LogP contribution in [0.25, 0.3) is 0 Å². The number of hydrogen-bond donors (Lipinski definition) is 1. The molecule has 8 heteroatoms. The summed E-state index contributed by atoms with van der Waals surface area (Å²) in [5, 5.41) is 2.93. The van der Waals surface area contributed by atoms with E-state index in [4.69, 9.17) is 14.2 Å². The maximum absolute atomic E-state index is 14.0. The van der Waals surface area contributed by atoms with Gasteiger partial charge in [-0.15, -0.1) is 0 Å². The monoisotopic (exact) mass is 510 g/mol. The smallest absolute Gasteiger partial charge is 0.259 e. The van der Waals surface area contributed by atoms with Crippen molar-refractivity contribution in [2.45, 2.75) is 6.04 Å². The second-order valence-electron chi connectivity index (χ2n) is 7.41. The van der Waals surface area contributed by atoms with Gasteiger partial charge in [0.05, 0.1) is 32.9 Å². The molecule has 1 heterocycles. The number of nitrogens with zero attached hydrogens (tertiary/aromatic N) is 1. The average molecular weight is 511 g/mol. The summed E-state index contributed by atoms with van der Waals surface area (Å²) in [6, 6.07) is 18.0. The van der Waals surface area contributed by atoms with Crippen LogP contribution in [0.2, 0.25) is 0 Å². The number of carbonyl (C=O) groups is 2. The Morgan fingerprint density at radius 3 is 2.36 bits per heavy atom. The van der Waals surface area contributed by atoms with Crippen molar-refractivity contribution in [1.29, 1.82) is 0 Å². The summed E-state index contributed by atoms with van der Waals surface area (Å²) in [5.41, 5.74) is 2.60. The molecule has 3 aromatic carbocycles. The number of rotatable bonds is 5. The molecule has 0 saturated carbocycles. The van der Waals surface area contributed by atoms with Gasteiger partial charge in [0.2, 0.25) is 11.7 Å². The van der Waals surface area contributed by atoms with E-state index in [-0.39, 0.29) is 29.7 Å². The van der Waals surface area contributed by atoms with Crippen molar-refractivity contribution >= 4 is 33.4 Å². The van der Waals surface area contributed by atoms with Gasteiger partial charge in [-0.25, -0.2) is 0 Å². The largest absolute Gasteiger partial charge is 0.493 e. The third-order valence-electron chi connectivity index (χ3n) is 5.52. The van der Waals surface area contributed by atoms with Crippen LogP contribution in [0, 0.1) is 0 Å². The third-order valence-corrected chi connectivity index (χ3v) is 6.01. The summed E-state index contributed by atoms with van der Waals surface area (Å²) in [6.45, 7) is -0.137. The van der Waals surface area contributed by atoms with Crippen LogP contribution in [-0.2, 0) is 4.79 Å². The molecule has 0 aliphatic carbocycles.